The molecule has 0 radical (unpaired) electrons. The van der Waals surface area contributed by atoms with E-state index in [4.69, 9.17) is 9.72 Å². The Morgan fingerprint density at radius 3 is 2.40 bits per heavy atom. The summed E-state index contributed by atoms with van der Waals surface area (Å²) in [4.78, 5) is 34.3. The summed E-state index contributed by atoms with van der Waals surface area (Å²) < 4.78 is 8.11. The predicted octanol–water partition coefficient (Wildman–Crippen LogP) is 6.16. The number of halogens is 1. The van der Waals surface area contributed by atoms with Crippen molar-refractivity contribution < 1.29 is 9.53 Å². The number of carbonyl (C=O) groups excluding carboxylic acids is 1. The maximum Gasteiger partial charge on any atom is 0.266 e. The Morgan fingerprint density at radius 1 is 1.03 bits per heavy atom. The molecule has 7 heteroatoms. The van der Waals surface area contributed by atoms with Crippen LogP contribution < -0.4 is 10.3 Å². The van der Waals surface area contributed by atoms with Gasteiger partial charge in [0.15, 0.2) is 0 Å². The average Bonchev–Trinajstić information content (AvgIpc) is 2.89. The SMILES string of the molecule is CCCN(C(=O)c1ccc(Br)cc1)C(CC)c1nc2ccccc2c(=O)n1-c1ccccc1OC. The van der Waals surface area contributed by atoms with Gasteiger partial charge in [-0.25, -0.2) is 4.98 Å². The Labute approximate surface area is 213 Å². The lowest BCUT2D eigenvalue weighted by atomic mass is 10.1. The van der Waals surface area contributed by atoms with E-state index in [9.17, 15) is 9.59 Å². The van der Waals surface area contributed by atoms with Crippen molar-refractivity contribution in [3.05, 3.63) is 99.0 Å². The van der Waals surface area contributed by atoms with Crippen LogP contribution in [0.25, 0.3) is 16.6 Å². The fourth-order valence-corrected chi connectivity index (χ4v) is 4.63. The molecule has 1 unspecified atom stereocenters. The van der Waals surface area contributed by atoms with Gasteiger partial charge in [-0.05, 0) is 61.4 Å². The second-order valence-corrected chi connectivity index (χ2v) is 9.14. The number of rotatable bonds is 8. The van der Waals surface area contributed by atoms with Crippen LogP contribution in [0.4, 0.5) is 0 Å². The molecule has 1 amide bonds. The van der Waals surface area contributed by atoms with Gasteiger partial charge in [-0.3, -0.25) is 14.2 Å². The van der Waals surface area contributed by atoms with E-state index in [1.807, 2.05) is 85.5 Å². The number of ether oxygens (including phenoxy) is 1. The minimum absolute atomic E-state index is 0.0971. The Bertz CT molecular complexity index is 1400. The Hall–Kier alpha value is -3.45. The summed E-state index contributed by atoms with van der Waals surface area (Å²) in [7, 11) is 1.58. The highest BCUT2D eigenvalue weighted by molar-refractivity contribution is 9.10. The van der Waals surface area contributed by atoms with Crippen LogP contribution in [-0.2, 0) is 0 Å². The maximum absolute atomic E-state index is 13.9. The van der Waals surface area contributed by atoms with E-state index in [-0.39, 0.29) is 11.5 Å². The van der Waals surface area contributed by atoms with E-state index >= 15 is 0 Å². The van der Waals surface area contributed by atoms with Crippen LogP contribution in [0.5, 0.6) is 5.75 Å². The molecule has 4 rings (SSSR count). The minimum atomic E-state index is -0.423. The molecule has 0 spiro atoms. The zero-order chi connectivity index (χ0) is 24.9. The standard InChI is InChI=1S/C28H28BrN3O3/c1-4-18-31(27(33)19-14-16-20(29)17-15-19)23(5-2)26-30-22-11-7-6-10-21(22)28(34)32(26)24-12-8-9-13-25(24)35-3/h6-17,23H,4-5,18H2,1-3H3. The number of hydrogen-bond acceptors (Lipinski definition) is 4. The first-order valence-electron chi connectivity index (χ1n) is 11.7. The number of carbonyl (C=O) groups is 1. The zero-order valence-electron chi connectivity index (χ0n) is 20.1. The van der Waals surface area contributed by atoms with Crippen molar-refractivity contribution >= 4 is 32.7 Å². The molecule has 0 aliphatic carbocycles. The lowest BCUT2D eigenvalue weighted by Gasteiger charge is -2.32. The van der Waals surface area contributed by atoms with Gasteiger partial charge in [-0.2, -0.15) is 0 Å². The zero-order valence-corrected chi connectivity index (χ0v) is 21.7. The van der Waals surface area contributed by atoms with Crippen molar-refractivity contribution in [3.63, 3.8) is 0 Å². The number of amides is 1. The number of aromatic nitrogens is 2. The molecule has 0 bridgehead atoms. The van der Waals surface area contributed by atoms with Gasteiger partial charge in [-0.1, -0.05) is 54.0 Å². The third-order valence-corrected chi connectivity index (χ3v) is 6.53. The van der Waals surface area contributed by atoms with E-state index < -0.39 is 6.04 Å². The molecule has 1 heterocycles. The second-order valence-electron chi connectivity index (χ2n) is 8.23. The molecule has 1 aromatic heterocycles. The molecule has 3 aromatic carbocycles. The molecule has 35 heavy (non-hydrogen) atoms. The highest BCUT2D eigenvalue weighted by atomic mass is 79.9. The summed E-state index contributed by atoms with van der Waals surface area (Å²) in [6.45, 7) is 4.58. The topological polar surface area (TPSA) is 64.4 Å². The quantitative estimate of drug-likeness (QED) is 0.272. The molecule has 0 saturated carbocycles. The molecule has 1 atom stereocenters. The van der Waals surface area contributed by atoms with Crippen LogP contribution in [0.1, 0.15) is 48.9 Å². The molecule has 6 nitrogen and oxygen atoms in total. The van der Waals surface area contributed by atoms with Crippen molar-refractivity contribution in [3.8, 4) is 11.4 Å². The van der Waals surface area contributed by atoms with E-state index in [1.54, 1.807) is 17.7 Å². The van der Waals surface area contributed by atoms with Crippen molar-refractivity contribution in [1.82, 2.24) is 14.5 Å². The third-order valence-electron chi connectivity index (χ3n) is 6.01. The summed E-state index contributed by atoms with van der Waals surface area (Å²) in [5, 5.41) is 0.512. The monoisotopic (exact) mass is 533 g/mol. The fourth-order valence-electron chi connectivity index (χ4n) is 4.36. The third kappa shape index (κ3) is 4.86. The fraction of sp³-hybridized carbons (Fsp3) is 0.250. The molecule has 4 aromatic rings. The van der Waals surface area contributed by atoms with Crippen LogP contribution in [0.2, 0.25) is 0 Å². The van der Waals surface area contributed by atoms with Crippen LogP contribution in [0.3, 0.4) is 0 Å². The maximum atomic E-state index is 13.9. The first-order valence-corrected chi connectivity index (χ1v) is 12.5. The molecule has 0 aliphatic rings. The second kappa shape index (κ2) is 10.9. The molecule has 0 N–H and O–H groups in total. The number of hydrogen-bond donors (Lipinski definition) is 0. The first kappa shape index (κ1) is 24.7. The number of nitrogens with zero attached hydrogens (tertiary/aromatic N) is 3. The Balaban J connectivity index is 1.97. The number of benzene rings is 3. The first-order chi connectivity index (χ1) is 17.0. The minimum Gasteiger partial charge on any atom is -0.495 e. The van der Waals surface area contributed by atoms with Crippen LogP contribution in [0.15, 0.2) is 82.1 Å². The highest BCUT2D eigenvalue weighted by Crippen LogP contribution is 2.30. The number of fused-ring (bicyclic) bond motifs is 1. The van der Waals surface area contributed by atoms with Gasteiger partial charge in [0, 0.05) is 16.6 Å². The molecule has 0 aliphatic heterocycles. The van der Waals surface area contributed by atoms with Gasteiger partial charge in [0.25, 0.3) is 11.5 Å². The number of para-hydroxylation sites is 3. The van der Waals surface area contributed by atoms with Crippen molar-refractivity contribution in [2.24, 2.45) is 0 Å². The highest BCUT2D eigenvalue weighted by Gasteiger charge is 2.30. The molecular weight excluding hydrogens is 506 g/mol. The van der Waals surface area contributed by atoms with Gasteiger partial charge in [0.05, 0.1) is 29.7 Å². The normalized spacial score (nSPS) is 11.9. The molecule has 180 valence electrons. The van der Waals surface area contributed by atoms with Gasteiger partial charge < -0.3 is 9.64 Å². The van der Waals surface area contributed by atoms with Gasteiger partial charge in [0.2, 0.25) is 0 Å². The lowest BCUT2D eigenvalue weighted by molar-refractivity contribution is 0.0659. The predicted molar refractivity (Wildman–Crippen MR) is 142 cm³/mol. The lowest BCUT2D eigenvalue weighted by Crippen LogP contribution is -2.39. The van der Waals surface area contributed by atoms with Gasteiger partial charge >= 0.3 is 0 Å². The molecular formula is C28H28BrN3O3. The summed E-state index contributed by atoms with van der Waals surface area (Å²) in [5.74, 6) is 0.976. The van der Waals surface area contributed by atoms with Crippen LogP contribution in [0, 0.1) is 0 Å². The Morgan fingerprint density at radius 2 is 1.71 bits per heavy atom. The summed E-state index contributed by atoms with van der Waals surface area (Å²) >= 11 is 3.44. The van der Waals surface area contributed by atoms with Crippen LogP contribution in [-0.4, -0.2) is 34.0 Å². The van der Waals surface area contributed by atoms with E-state index in [0.717, 1.165) is 10.9 Å². The molecule has 0 fully saturated rings. The largest absolute Gasteiger partial charge is 0.495 e. The van der Waals surface area contributed by atoms with Crippen molar-refractivity contribution in [2.75, 3.05) is 13.7 Å². The van der Waals surface area contributed by atoms with E-state index in [1.165, 1.54) is 0 Å². The van der Waals surface area contributed by atoms with Gasteiger partial charge in [0.1, 0.15) is 11.6 Å². The van der Waals surface area contributed by atoms with Crippen molar-refractivity contribution in [1.29, 1.82) is 0 Å². The average molecular weight is 534 g/mol. The Kier molecular flexibility index (Phi) is 7.66. The summed E-state index contributed by atoms with van der Waals surface area (Å²) in [6, 6.07) is 21.6. The molecule has 0 saturated heterocycles. The van der Waals surface area contributed by atoms with Gasteiger partial charge in [-0.15, -0.1) is 0 Å². The van der Waals surface area contributed by atoms with E-state index in [0.29, 0.717) is 46.7 Å². The smallest absolute Gasteiger partial charge is 0.266 e. The number of methoxy groups -OCH3 is 1. The van der Waals surface area contributed by atoms with Crippen molar-refractivity contribution in [2.45, 2.75) is 32.7 Å². The summed E-state index contributed by atoms with van der Waals surface area (Å²) in [5.41, 5.74) is 1.59. The van der Waals surface area contributed by atoms with Crippen LogP contribution >= 0.6 is 15.9 Å². The summed E-state index contributed by atoms with van der Waals surface area (Å²) in [6.07, 6.45) is 1.35. The van der Waals surface area contributed by atoms with E-state index in [2.05, 4.69) is 15.9 Å².